The van der Waals surface area contributed by atoms with E-state index in [-0.39, 0.29) is 11.9 Å². The molecule has 2 aromatic rings. The molecule has 0 aliphatic heterocycles. The number of aromatic nitrogens is 1. The van der Waals surface area contributed by atoms with Gasteiger partial charge in [-0.3, -0.25) is 14.9 Å². The predicted molar refractivity (Wildman–Crippen MR) is 78.9 cm³/mol. The van der Waals surface area contributed by atoms with Gasteiger partial charge >= 0.3 is 11.8 Å². The van der Waals surface area contributed by atoms with Crippen molar-refractivity contribution in [1.82, 2.24) is 15.4 Å². The second kappa shape index (κ2) is 7.00. The van der Waals surface area contributed by atoms with Gasteiger partial charge in [-0.15, -0.1) is 0 Å². The average molecular weight is 308 g/mol. The summed E-state index contributed by atoms with van der Waals surface area (Å²) in [5.41, 5.74) is 1.10. The minimum absolute atomic E-state index is 0.0139. The smallest absolute Gasteiger partial charge is 0.314 e. The molecular weight excluding hydrogens is 292 g/mol. The number of hydrogen-bond donors (Lipinski definition) is 2. The molecule has 2 amide bonds. The van der Waals surface area contributed by atoms with Gasteiger partial charge in [-0.1, -0.05) is 5.16 Å². The van der Waals surface area contributed by atoms with Gasteiger partial charge in [0.05, 0.1) is 6.04 Å². The number of hydrogen-bond acceptors (Lipinski definition) is 6. The van der Waals surface area contributed by atoms with Crippen LogP contribution >= 0.6 is 11.3 Å². The van der Waals surface area contributed by atoms with Crippen LogP contribution in [0.5, 0.6) is 0 Å². The van der Waals surface area contributed by atoms with Crippen molar-refractivity contribution >= 4 is 29.0 Å². The molecule has 112 valence electrons. The Labute approximate surface area is 125 Å². The molecule has 7 nitrogen and oxygen atoms in total. The van der Waals surface area contributed by atoms with Gasteiger partial charge in [-0.2, -0.15) is 11.3 Å². The van der Waals surface area contributed by atoms with Crippen LogP contribution in [0, 0.1) is 0 Å². The van der Waals surface area contributed by atoms with Gasteiger partial charge in [0, 0.05) is 12.6 Å². The molecule has 0 unspecified atom stereocenters. The minimum atomic E-state index is -0.772. The highest BCUT2D eigenvalue weighted by Gasteiger charge is 2.19. The number of carbonyl (C=O) groups is 2. The Morgan fingerprint density at radius 1 is 1.38 bits per heavy atom. The number of rotatable bonds is 5. The van der Waals surface area contributed by atoms with Gasteiger partial charge in [0.15, 0.2) is 5.82 Å². The van der Waals surface area contributed by atoms with Gasteiger partial charge in [0.25, 0.3) is 0 Å². The van der Waals surface area contributed by atoms with Crippen molar-refractivity contribution in [2.24, 2.45) is 0 Å². The Kier molecular flexibility index (Phi) is 5.07. The summed E-state index contributed by atoms with van der Waals surface area (Å²) in [6.07, 6.45) is 1.31. The van der Waals surface area contributed by atoms with Crippen molar-refractivity contribution in [3.8, 4) is 0 Å². The van der Waals surface area contributed by atoms with Crippen molar-refractivity contribution in [2.45, 2.75) is 6.04 Å². The van der Waals surface area contributed by atoms with Crippen molar-refractivity contribution in [3.63, 3.8) is 0 Å². The van der Waals surface area contributed by atoms with Gasteiger partial charge in [-0.25, -0.2) is 0 Å². The van der Waals surface area contributed by atoms with Crippen molar-refractivity contribution in [1.29, 1.82) is 0 Å². The molecule has 2 rings (SSSR count). The molecule has 0 aromatic carbocycles. The van der Waals surface area contributed by atoms with E-state index in [1.54, 1.807) is 11.3 Å². The third kappa shape index (κ3) is 4.14. The van der Waals surface area contributed by atoms with Gasteiger partial charge < -0.3 is 14.7 Å². The molecule has 0 aliphatic rings. The highest BCUT2D eigenvalue weighted by atomic mass is 32.1. The number of thiophene rings is 1. The molecule has 0 aliphatic carbocycles. The summed E-state index contributed by atoms with van der Waals surface area (Å²) in [5.74, 6) is -1.27. The van der Waals surface area contributed by atoms with E-state index in [0.717, 1.165) is 5.56 Å². The normalized spacial score (nSPS) is 12.1. The van der Waals surface area contributed by atoms with E-state index in [4.69, 9.17) is 0 Å². The molecule has 0 saturated heterocycles. The zero-order chi connectivity index (χ0) is 15.2. The molecule has 21 heavy (non-hydrogen) atoms. The van der Waals surface area contributed by atoms with Crippen LogP contribution in [0.3, 0.4) is 0 Å². The largest absolute Gasteiger partial charge is 0.363 e. The number of likely N-dealkylation sites (N-methyl/N-ethyl adjacent to an activating group) is 1. The van der Waals surface area contributed by atoms with E-state index in [9.17, 15) is 9.59 Å². The highest BCUT2D eigenvalue weighted by molar-refractivity contribution is 7.07. The first-order chi connectivity index (χ1) is 10.1. The van der Waals surface area contributed by atoms with Gasteiger partial charge in [0.2, 0.25) is 0 Å². The monoisotopic (exact) mass is 308 g/mol. The average Bonchev–Trinajstić information content (AvgIpc) is 3.11. The molecule has 2 N–H and O–H groups in total. The quantitative estimate of drug-likeness (QED) is 0.808. The maximum Gasteiger partial charge on any atom is 0.314 e. The third-order valence-corrected chi connectivity index (χ3v) is 3.59. The standard InChI is InChI=1S/C13H16N4O3S/c1-17(2)10(9-4-6-21-8-9)7-14-12(18)13(19)15-11-3-5-20-16-11/h3-6,8,10H,7H2,1-2H3,(H,14,18)(H,15,16,19)/t10-/m0/s1. The van der Waals surface area contributed by atoms with Crippen LogP contribution in [0.4, 0.5) is 5.82 Å². The number of carbonyl (C=O) groups excluding carboxylic acids is 2. The van der Waals surface area contributed by atoms with Crippen molar-refractivity contribution < 1.29 is 14.1 Å². The van der Waals surface area contributed by atoms with E-state index < -0.39 is 11.8 Å². The Hall–Kier alpha value is -2.19. The Balaban J connectivity index is 1.88. The maximum atomic E-state index is 11.8. The zero-order valence-electron chi connectivity index (χ0n) is 11.7. The zero-order valence-corrected chi connectivity index (χ0v) is 12.5. The van der Waals surface area contributed by atoms with Crippen LogP contribution in [-0.4, -0.2) is 42.5 Å². The lowest BCUT2D eigenvalue weighted by molar-refractivity contribution is -0.136. The number of amides is 2. The highest BCUT2D eigenvalue weighted by Crippen LogP contribution is 2.19. The summed E-state index contributed by atoms with van der Waals surface area (Å²) in [6.45, 7) is 0.342. The third-order valence-electron chi connectivity index (χ3n) is 2.89. The van der Waals surface area contributed by atoms with Crippen LogP contribution in [0.25, 0.3) is 0 Å². The molecule has 0 bridgehead atoms. The lowest BCUT2D eigenvalue weighted by Gasteiger charge is -2.23. The van der Waals surface area contributed by atoms with E-state index in [2.05, 4.69) is 20.3 Å². The summed E-state index contributed by atoms with van der Waals surface area (Å²) >= 11 is 1.59. The lowest BCUT2D eigenvalue weighted by Crippen LogP contribution is -2.40. The van der Waals surface area contributed by atoms with Gasteiger partial charge in [0.1, 0.15) is 6.26 Å². The van der Waals surface area contributed by atoms with Crippen LogP contribution in [-0.2, 0) is 9.59 Å². The summed E-state index contributed by atoms with van der Waals surface area (Å²) in [6, 6.07) is 3.47. The van der Waals surface area contributed by atoms with E-state index in [0.29, 0.717) is 6.54 Å². The Morgan fingerprint density at radius 3 is 2.76 bits per heavy atom. The van der Waals surface area contributed by atoms with Crippen LogP contribution in [0.15, 0.2) is 33.7 Å². The first-order valence-electron chi connectivity index (χ1n) is 6.26. The van der Waals surface area contributed by atoms with Crippen LogP contribution in [0.2, 0.25) is 0 Å². The van der Waals surface area contributed by atoms with E-state index >= 15 is 0 Å². The molecule has 0 fully saturated rings. The maximum absolute atomic E-state index is 11.8. The van der Waals surface area contributed by atoms with Crippen molar-refractivity contribution in [3.05, 3.63) is 34.7 Å². The molecular formula is C13H16N4O3S. The summed E-state index contributed by atoms with van der Waals surface area (Å²) in [7, 11) is 3.84. The second-order valence-corrected chi connectivity index (χ2v) is 5.36. The minimum Gasteiger partial charge on any atom is -0.363 e. The fourth-order valence-corrected chi connectivity index (χ4v) is 2.49. The van der Waals surface area contributed by atoms with E-state index in [1.165, 1.54) is 12.3 Å². The second-order valence-electron chi connectivity index (χ2n) is 4.58. The lowest BCUT2D eigenvalue weighted by atomic mass is 10.1. The van der Waals surface area contributed by atoms with Gasteiger partial charge in [-0.05, 0) is 36.5 Å². The number of nitrogens with one attached hydrogen (secondary N) is 2. The fourth-order valence-electron chi connectivity index (χ4n) is 1.78. The molecule has 0 spiro atoms. The predicted octanol–water partition coefficient (Wildman–Crippen LogP) is 1.09. The molecule has 2 heterocycles. The van der Waals surface area contributed by atoms with Crippen molar-refractivity contribution in [2.75, 3.05) is 26.0 Å². The van der Waals surface area contributed by atoms with Crippen LogP contribution in [0.1, 0.15) is 11.6 Å². The summed E-state index contributed by atoms with van der Waals surface area (Å²) in [5, 5.41) is 12.5. The van der Waals surface area contributed by atoms with Crippen LogP contribution < -0.4 is 10.6 Å². The fraction of sp³-hybridized carbons (Fsp3) is 0.308. The summed E-state index contributed by atoms with van der Waals surface area (Å²) in [4.78, 5) is 25.4. The first-order valence-corrected chi connectivity index (χ1v) is 7.20. The molecule has 1 atom stereocenters. The molecule has 0 saturated carbocycles. The Morgan fingerprint density at radius 2 is 2.19 bits per heavy atom. The first kappa shape index (κ1) is 15.2. The number of nitrogens with zero attached hydrogens (tertiary/aromatic N) is 2. The van der Waals surface area contributed by atoms with E-state index in [1.807, 2.05) is 35.8 Å². The molecule has 2 aromatic heterocycles. The molecule has 0 radical (unpaired) electrons. The Bertz CT molecular complexity index is 581. The molecule has 8 heteroatoms. The summed E-state index contributed by atoms with van der Waals surface area (Å²) < 4.78 is 4.57. The SMILES string of the molecule is CN(C)[C@@H](CNC(=O)C(=O)Nc1ccon1)c1ccsc1. The number of anilines is 1. The topological polar surface area (TPSA) is 87.5 Å².